The van der Waals surface area contributed by atoms with Crippen molar-refractivity contribution in [3.05, 3.63) is 0 Å². The molecule has 5 nitrogen and oxygen atoms in total. The topological polar surface area (TPSA) is 69.6 Å². The molecule has 0 rings (SSSR count). The zero-order chi connectivity index (χ0) is 15.4. The molecular formula is C10H16F4N2O3. The number of hydrogen-bond acceptors (Lipinski definition) is 2. The second kappa shape index (κ2) is 6.07. The first kappa shape index (κ1) is 17.5. The average molecular weight is 288 g/mol. The van der Waals surface area contributed by atoms with Crippen LogP contribution in [0.2, 0.25) is 0 Å². The van der Waals surface area contributed by atoms with Gasteiger partial charge in [-0.15, -0.1) is 0 Å². The zero-order valence-electron chi connectivity index (χ0n) is 10.7. The Morgan fingerprint density at radius 1 is 1.26 bits per heavy atom. The Morgan fingerprint density at radius 2 is 1.74 bits per heavy atom. The maximum atomic E-state index is 12.6. The van der Waals surface area contributed by atoms with Crippen LogP contribution in [0.1, 0.15) is 20.8 Å². The third-order valence-corrected chi connectivity index (χ3v) is 2.14. The second-order valence-electron chi connectivity index (χ2n) is 4.87. The highest BCUT2D eigenvalue weighted by Crippen LogP contribution is 2.22. The summed E-state index contributed by atoms with van der Waals surface area (Å²) in [7, 11) is 0. The van der Waals surface area contributed by atoms with Gasteiger partial charge < -0.3 is 15.3 Å². The van der Waals surface area contributed by atoms with E-state index in [1.54, 1.807) is 5.32 Å². The fourth-order valence-corrected chi connectivity index (χ4v) is 1.11. The summed E-state index contributed by atoms with van der Waals surface area (Å²) in [6.45, 7) is 2.17. The molecular weight excluding hydrogens is 272 g/mol. The van der Waals surface area contributed by atoms with Gasteiger partial charge in [0.05, 0.1) is 6.54 Å². The summed E-state index contributed by atoms with van der Waals surface area (Å²) in [5.74, 6) is -5.70. The molecule has 0 aromatic heterocycles. The molecule has 0 fully saturated rings. The lowest BCUT2D eigenvalue weighted by molar-refractivity contribution is -0.138. The van der Waals surface area contributed by atoms with Crippen molar-refractivity contribution in [2.24, 2.45) is 0 Å². The van der Waals surface area contributed by atoms with E-state index < -0.39 is 43.0 Å². The minimum Gasteiger partial charge on any atom is -0.480 e. The van der Waals surface area contributed by atoms with E-state index in [2.05, 4.69) is 0 Å². The predicted octanol–water partition coefficient (Wildman–Crippen LogP) is 1.78. The number of rotatable bonds is 5. The Kier molecular flexibility index (Phi) is 5.58. The van der Waals surface area contributed by atoms with Gasteiger partial charge in [0, 0.05) is 5.54 Å². The molecule has 9 heteroatoms. The molecule has 2 amide bonds. The predicted molar refractivity (Wildman–Crippen MR) is 58.4 cm³/mol. The number of alkyl halides is 4. The van der Waals surface area contributed by atoms with Crippen molar-refractivity contribution < 1.29 is 32.3 Å². The first-order valence-electron chi connectivity index (χ1n) is 5.31. The zero-order valence-corrected chi connectivity index (χ0v) is 10.7. The Morgan fingerprint density at radius 3 is 2.05 bits per heavy atom. The monoisotopic (exact) mass is 288 g/mol. The number of amides is 2. The minimum atomic E-state index is -4.36. The fraction of sp³-hybridized carbons (Fsp3) is 0.800. The number of carboxylic acid groups (broad SMARTS) is 1. The van der Waals surface area contributed by atoms with Crippen LogP contribution in [0.25, 0.3) is 0 Å². The maximum Gasteiger partial charge on any atom is 0.324 e. The number of aliphatic carboxylic acids is 1. The fourth-order valence-electron chi connectivity index (χ4n) is 1.11. The molecule has 0 radical (unpaired) electrons. The first-order chi connectivity index (χ1) is 8.38. The molecule has 0 aliphatic carbocycles. The molecule has 0 unspecified atom stereocenters. The Labute approximate surface area is 107 Å². The summed E-state index contributed by atoms with van der Waals surface area (Å²) in [5, 5.41) is 10.2. The van der Waals surface area contributed by atoms with Crippen molar-refractivity contribution >= 4 is 12.0 Å². The van der Waals surface area contributed by atoms with E-state index in [0.717, 1.165) is 4.90 Å². The number of halogens is 4. The van der Waals surface area contributed by atoms with E-state index in [9.17, 15) is 27.2 Å². The molecule has 2 N–H and O–H groups in total. The molecule has 0 atom stereocenters. The maximum absolute atomic E-state index is 12.6. The highest BCUT2D eigenvalue weighted by molar-refractivity contribution is 5.80. The molecule has 0 heterocycles. The van der Waals surface area contributed by atoms with E-state index in [0.29, 0.717) is 0 Å². The summed E-state index contributed by atoms with van der Waals surface area (Å²) in [6.07, 6.45) is -3.91. The number of nitrogens with one attached hydrogen (secondary N) is 1. The van der Waals surface area contributed by atoms with Gasteiger partial charge in [-0.25, -0.2) is 13.6 Å². The van der Waals surface area contributed by atoms with Crippen LogP contribution in [-0.4, -0.2) is 53.0 Å². The van der Waals surface area contributed by atoms with Crippen molar-refractivity contribution in [2.45, 2.75) is 38.7 Å². The van der Waals surface area contributed by atoms with Crippen LogP contribution in [0.4, 0.5) is 22.4 Å². The molecule has 0 spiro atoms. The summed E-state index contributed by atoms with van der Waals surface area (Å²) in [4.78, 5) is 22.9. The van der Waals surface area contributed by atoms with Gasteiger partial charge in [-0.3, -0.25) is 4.79 Å². The summed E-state index contributed by atoms with van der Waals surface area (Å²) >= 11 is 0. The smallest absolute Gasteiger partial charge is 0.324 e. The number of carbonyl (C=O) groups is 2. The lowest BCUT2D eigenvalue weighted by Gasteiger charge is -2.34. The molecule has 0 bridgehead atoms. The normalized spacial score (nSPS) is 12.4. The van der Waals surface area contributed by atoms with Crippen molar-refractivity contribution in [1.29, 1.82) is 0 Å². The minimum absolute atomic E-state index is 0.727. The number of hydrogen-bond donors (Lipinski definition) is 2. The number of carbonyl (C=O) groups excluding carboxylic acids is 1. The van der Waals surface area contributed by atoms with Crippen LogP contribution >= 0.6 is 0 Å². The van der Waals surface area contributed by atoms with E-state index in [-0.39, 0.29) is 0 Å². The van der Waals surface area contributed by atoms with Gasteiger partial charge in [0.1, 0.15) is 6.54 Å². The second-order valence-corrected chi connectivity index (χ2v) is 4.87. The van der Waals surface area contributed by atoms with Crippen LogP contribution < -0.4 is 5.32 Å². The first-order valence-corrected chi connectivity index (χ1v) is 5.31. The van der Waals surface area contributed by atoms with Crippen LogP contribution in [0, 0.1) is 0 Å². The van der Waals surface area contributed by atoms with Gasteiger partial charge in [0.25, 0.3) is 0 Å². The summed E-state index contributed by atoms with van der Waals surface area (Å²) < 4.78 is 49.1. The van der Waals surface area contributed by atoms with Gasteiger partial charge in [-0.2, -0.15) is 8.78 Å². The molecule has 0 saturated heterocycles. The molecule has 19 heavy (non-hydrogen) atoms. The highest BCUT2D eigenvalue weighted by Gasteiger charge is 2.41. The van der Waals surface area contributed by atoms with Gasteiger partial charge in [0.15, 0.2) is 0 Å². The molecule has 0 aliphatic rings. The quantitative estimate of drug-likeness (QED) is 0.758. The SMILES string of the molecule is CC(C)(C)N(CC(=O)O)C(=O)NCC(F)(F)C(F)F. The average Bonchev–Trinajstić information content (AvgIpc) is 2.20. The molecule has 0 aromatic rings. The molecule has 0 aliphatic heterocycles. The molecule has 112 valence electrons. The van der Waals surface area contributed by atoms with E-state index in [1.165, 1.54) is 20.8 Å². The number of nitrogens with zero attached hydrogens (tertiary/aromatic N) is 1. The third kappa shape index (κ3) is 5.75. The number of urea groups is 1. The van der Waals surface area contributed by atoms with Crippen molar-refractivity contribution in [1.82, 2.24) is 10.2 Å². The standard InChI is InChI=1S/C10H16F4N2O3/c1-9(2,3)16(4-6(17)18)8(19)15-5-10(13,14)7(11)12/h7H,4-5H2,1-3H3,(H,15,19)(H,17,18). The molecule has 0 saturated carbocycles. The summed E-state index contributed by atoms with van der Waals surface area (Å²) in [5.41, 5.74) is -0.956. The van der Waals surface area contributed by atoms with E-state index in [1.807, 2.05) is 0 Å². The van der Waals surface area contributed by atoms with Crippen LogP contribution in [-0.2, 0) is 4.79 Å². The largest absolute Gasteiger partial charge is 0.480 e. The Hall–Kier alpha value is -1.54. The van der Waals surface area contributed by atoms with Crippen LogP contribution in [0.3, 0.4) is 0 Å². The lowest BCUT2D eigenvalue weighted by Crippen LogP contribution is -2.54. The van der Waals surface area contributed by atoms with Gasteiger partial charge in [-0.05, 0) is 20.8 Å². The van der Waals surface area contributed by atoms with Crippen molar-refractivity contribution in [2.75, 3.05) is 13.1 Å². The lowest BCUT2D eigenvalue weighted by atomic mass is 10.1. The highest BCUT2D eigenvalue weighted by atomic mass is 19.3. The Bertz CT molecular complexity index is 342. The van der Waals surface area contributed by atoms with Crippen LogP contribution in [0.15, 0.2) is 0 Å². The van der Waals surface area contributed by atoms with Gasteiger partial charge >= 0.3 is 24.3 Å². The summed E-state index contributed by atoms with van der Waals surface area (Å²) in [6, 6.07) is -1.14. The van der Waals surface area contributed by atoms with Crippen molar-refractivity contribution in [3.8, 4) is 0 Å². The Balaban J connectivity index is 4.72. The van der Waals surface area contributed by atoms with E-state index in [4.69, 9.17) is 5.11 Å². The van der Waals surface area contributed by atoms with Crippen molar-refractivity contribution in [3.63, 3.8) is 0 Å². The van der Waals surface area contributed by atoms with E-state index >= 15 is 0 Å². The van der Waals surface area contributed by atoms with Gasteiger partial charge in [-0.1, -0.05) is 0 Å². The van der Waals surface area contributed by atoms with Crippen LogP contribution in [0.5, 0.6) is 0 Å². The number of carboxylic acids is 1. The molecule has 0 aromatic carbocycles. The third-order valence-electron chi connectivity index (χ3n) is 2.14. The van der Waals surface area contributed by atoms with Gasteiger partial charge in [0.2, 0.25) is 0 Å².